The smallest absolute Gasteiger partial charge is 0.363 e. The lowest BCUT2D eigenvalue weighted by atomic mass is 10.1. The highest BCUT2D eigenvalue weighted by molar-refractivity contribution is 6.13. The second-order valence-electron chi connectivity index (χ2n) is 6.03. The number of hydrogen-bond acceptors (Lipinski definition) is 7. The Kier molecular flexibility index (Phi) is 5.69. The van der Waals surface area contributed by atoms with Gasteiger partial charge in [-0.25, -0.2) is 9.79 Å². The van der Waals surface area contributed by atoms with Gasteiger partial charge in [0.05, 0.1) is 11.5 Å². The standard InChI is InChI=1S/C20H18N2O6/c1-2-3-11-27-15-9-7-13(8-10-15)19-21-16(20(24)28-19)12-14-5-4-6-17(18(14)23)22(25)26/h4-10,12,23H,2-3,11H2,1H3/b16-12+. The zero-order valence-corrected chi connectivity index (χ0v) is 15.1. The fraction of sp³-hybridized carbons (Fsp3) is 0.200. The summed E-state index contributed by atoms with van der Waals surface area (Å²) in [5.74, 6) is -0.421. The molecule has 0 atom stereocenters. The third kappa shape index (κ3) is 4.17. The molecule has 144 valence electrons. The SMILES string of the molecule is CCCCOc1ccc(C2=N/C(=C/c3cccc([N+](=O)[O-])c3O)C(=O)O2)cc1. The fourth-order valence-corrected chi connectivity index (χ4v) is 2.52. The highest BCUT2D eigenvalue weighted by Gasteiger charge is 2.25. The maximum Gasteiger partial charge on any atom is 0.363 e. The zero-order valence-electron chi connectivity index (χ0n) is 15.1. The van der Waals surface area contributed by atoms with Crippen molar-refractivity contribution in [3.05, 3.63) is 69.4 Å². The summed E-state index contributed by atoms with van der Waals surface area (Å²) in [5.41, 5.74) is 0.173. The molecule has 0 amide bonds. The lowest BCUT2D eigenvalue weighted by Crippen LogP contribution is -2.05. The van der Waals surface area contributed by atoms with Crippen LogP contribution in [0.15, 0.2) is 53.2 Å². The summed E-state index contributed by atoms with van der Waals surface area (Å²) in [7, 11) is 0. The van der Waals surface area contributed by atoms with Crippen molar-refractivity contribution in [3.63, 3.8) is 0 Å². The van der Waals surface area contributed by atoms with Crippen LogP contribution in [0.4, 0.5) is 5.69 Å². The molecule has 1 heterocycles. The predicted molar refractivity (Wildman–Crippen MR) is 102 cm³/mol. The van der Waals surface area contributed by atoms with Crippen LogP contribution >= 0.6 is 0 Å². The van der Waals surface area contributed by atoms with Gasteiger partial charge in [-0.15, -0.1) is 0 Å². The largest absolute Gasteiger partial charge is 0.502 e. The molecule has 0 radical (unpaired) electrons. The van der Waals surface area contributed by atoms with Crippen molar-refractivity contribution in [2.75, 3.05) is 6.61 Å². The number of carbonyl (C=O) groups excluding carboxylic acids is 1. The number of carbonyl (C=O) groups is 1. The van der Waals surface area contributed by atoms with E-state index in [4.69, 9.17) is 9.47 Å². The number of phenolic OH excluding ortho intramolecular Hbond substituents is 1. The van der Waals surface area contributed by atoms with Crippen LogP contribution in [0.25, 0.3) is 6.08 Å². The molecule has 8 nitrogen and oxygen atoms in total. The van der Waals surface area contributed by atoms with Crippen LogP contribution in [0.2, 0.25) is 0 Å². The summed E-state index contributed by atoms with van der Waals surface area (Å²) in [6.45, 7) is 2.71. The number of phenols is 1. The van der Waals surface area contributed by atoms with E-state index < -0.39 is 22.3 Å². The van der Waals surface area contributed by atoms with Gasteiger partial charge in [-0.3, -0.25) is 10.1 Å². The Labute approximate surface area is 160 Å². The van der Waals surface area contributed by atoms with E-state index in [1.165, 1.54) is 24.3 Å². The Morgan fingerprint density at radius 3 is 2.68 bits per heavy atom. The van der Waals surface area contributed by atoms with E-state index >= 15 is 0 Å². The number of nitrogens with zero attached hydrogens (tertiary/aromatic N) is 2. The summed E-state index contributed by atoms with van der Waals surface area (Å²) in [6, 6.07) is 11.0. The number of aliphatic imine (C=N–C) groups is 1. The second-order valence-corrected chi connectivity index (χ2v) is 6.03. The lowest BCUT2D eigenvalue weighted by molar-refractivity contribution is -0.385. The Balaban J connectivity index is 1.82. The number of nitro benzene ring substituents is 1. The molecule has 0 aliphatic carbocycles. The van der Waals surface area contributed by atoms with Gasteiger partial charge >= 0.3 is 11.7 Å². The first-order valence-corrected chi connectivity index (χ1v) is 8.71. The van der Waals surface area contributed by atoms with E-state index in [0.717, 1.165) is 12.8 Å². The number of ether oxygens (including phenoxy) is 2. The molecule has 1 aliphatic rings. The topological polar surface area (TPSA) is 111 Å². The number of nitro groups is 1. The molecule has 3 rings (SSSR count). The lowest BCUT2D eigenvalue weighted by Gasteiger charge is -2.05. The highest BCUT2D eigenvalue weighted by Crippen LogP contribution is 2.32. The van der Waals surface area contributed by atoms with E-state index in [2.05, 4.69) is 11.9 Å². The molecule has 0 aromatic heterocycles. The molecule has 28 heavy (non-hydrogen) atoms. The molecule has 0 fully saturated rings. The zero-order chi connectivity index (χ0) is 20.1. The first-order chi connectivity index (χ1) is 13.5. The van der Waals surface area contributed by atoms with Crippen molar-refractivity contribution >= 4 is 23.6 Å². The van der Waals surface area contributed by atoms with E-state index in [0.29, 0.717) is 17.9 Å². The molecule has 0 bridgehead atoms. The van der Waals surface area contributed by atoms with Crippen molar-refractivity contribution in [2.45, 2.75) is 19.8 Å². The van der Waals surface area contributed by atoms with E-state index in [1.54, 1.807) is 24.3 Å². The Bertz CT molecular complexity index is 963. The monoisotopic (exact) mass is 382 g/mol. The summed E-state index contributed by atoms with van der Waals surface area (Å²) in [4.78, 5) is 26.4. The highest BCUT2D eigenvalue weighted by atomic mass is 16.6. The maximum absolute atomic E-state index is 12.1. The number of para-hydroxylation sites is 1. The van der Waals surface area contributed by atoms with Gasteiger partial charge in [-0.05, 0) is 36.8 Å². The van der Waals surface area contributed by atoms with Gasteiger partial charge in [-0.2, -0.15) is 0 Å². The van der Waals surface area contributed by atoms with Crippen LogP contribution in [-0.2, 0) is 9.53 Å². The van der Waals surface area contributed by atoms with Gasteiger partial charge in [-0.1, -0.05) is 25.5 Å². The number of rotatable bonds is 7. The first kappa shape index (κ1) is 19.1. The predicted octanol–water partition coefficient (Wildman–Crippen LogP) is 3.82. The molecule has 0 saturated carbocycles. The van der Waals surface area contributed by atoms with E-state index in [9.17, 15) is 20.0 Å². The first-order valence-electron chi connectivity index (χ1n) is 8.71. The van der Waals surface area contributed by atoms with Crippen molar-refractivity contribution < 1.29 is 24.3 Å². The molecule has 2 aromatic carbocycles. The third-order valence-corrected chi connectivity index (χ3v) is 4.02. The normalized spacial score (nSPS) is 14.7. The number of cyclic esters (lactones) is 1. The minimum absolute atomic E-state index is 0.0610. The average molecular weight is 382 g/mol. The number of hydrogen-bond donors (Lipinski definition) is 1. The maximum atomic E-state index is 12.1. The van der Waals surface area contributed by atoms with Gasteiger partial charge < -0.3 is 14.6 Å². The minimum Gasteiger partial charge on any atom is -0.502 e. The summed E-state index contributed by atoms with van der Waals surface area (Å²) < 4.78 is 10.8. The van der Waals surface area contributed by atoms with Crippen LogP contribution in [0.5, 0.6) is 11.5 Å². The molecule has 0 saturated heterocycles. The average Bonchev–Trinajstić information content (AvgIpc) is 3.04. The molecular weight excluding hydrogens is 364 g/mol. The summed E-state index contributed by atoms with van der Waals surface area (Å²) in [5, 5.41) is 20.9. The Morgan fingerprint density at radius 2 is 2.00 bits per heavy atom. The Morgan fingerprint density at radius 1 is 1.25 bits per heavy atom. The minimum atomic E-state index is -0.705. The number of unbranched alkanes of at least 4 members (excludes halogenated alkanes) is 1. The van der Waals surface area contributed by atoms with Gasteiger partial charge in [0.1, 0.15) is 5.75 Å². The van der Waals surface area contributed by atoms with E-state index in [1.807, 2.05) is 0 Å². The van der Waals surface area contributed by atoms with Crippen molar-refractivity contribution in [3.8, 4) is 11.5 Å². The van der Waals surface area contributed by atoms with Gasteiger partial charge in [0.25, 0.3) is 0 Å². The molecule has 1 aliphatic heterocycles. The molecule has 0 spiro atoms. The quantitative estimate of drug-likeness (QED) is 0.256. The number of aromatic hydroxyl groups is 1. The van der Waals surface area contributed by atoms with Gasteiger partial charge in [0, 0.05) is 17.2 Å². The van der Waals surface area contributed by atoms with Crippen LogP contribution in [0.3, 0.4) is 0 Å². The third-order valence-electron chi connectivity index (χ3n) is 4.02. The molecule has 8 heteroatoms. The molecule has 2 aromatic rings. The van der Waals surface area contributed by atoms with Crippen LogP contribution in [0.1, 0.15) is 30.9 Å². The molecular formula is C20H18N2O6. The van der Waals surface area contributed by atoms with Gasteiger partial charge in [0.2, 0.25) is 11.6 Å². The summed E-state index contributed by atoms with van der Waals surface area (Å²) in [6.07, 6.45) is 3.25. The van der Waals surface area contributed by atoms with Crippen molar-refractivity contribution in [1.82, 2.24) is 0 Å². The van der Waals surface area contributed by atoms with Crippen LogP contribution in [-0.4, -0.2) is 28.5 Å². The van der Waals surface area contributed by atoms with Crippen LogP contribution in [0, 0.1) is 10.1 Å². The van der Waals surface area contributed by atoms with E-state index in [-0.39, 0.29) is 17.2 Å². The molecule has 0 unspecified atom stereocenters. The van der Waals surface area contributed by atoms with Crippen molar-refractivity contribution in [2.24, 2.45) is 4.99 Å². The van der Waals surface area contributed by atoms with Crippen LogP contribution < -0.4 is 4.74 Å². The van der Waals surface area contributed by atoms with Crippen molar-refractivity contribution in [1.29, 1.82) is 0 Å². The van der Waals surface area contributed by atoms with Gasteiger partial charge in [0.15, 0.2) is 5.70 Å². The fourth-order valence-electron chi connectivity index (χ4n) is 2.52. The molecule has 1 N–H and O–H groups in total. The number of benzene rings is 2. The Hall–Kier alpha value is -3.68. The second kappa shape index (κ2) is 8.34. The number of esters is 1. The summed E-state index contributed by atoms with van der Waals surface area (Å²) >= 11 is 0.